The zero-order valence-electron chi connectivity index (χ0n) is 11.3. The molecule has 2 heterocycles. The van der Waals surface area contributed by atoms with Gasteiger partial charge in [0.15, 0.2) is 0 Å². The van der Waals surface area contributed by atoms with Crippen LogP contribution in [0.4, 0.5) is 11.8 Å². The third-order valence-electron chi connectivity index (χ3n) is 3.39. The topological polar surface area (TPSA) is 82.8 Å². The van der Waals surface area contributed by atoms with Crippen molar-refractivity contribution in [2.45, 2.75) is 19.9 Å². The fraction of sp³-hybridized carbons (Fsp3) is 0.200. The quantitative estimate of drug-likeness (QED) is 0.759. The first kappa shape index (κ1) is 12.5. The number of nitrogens with zero attached hydrogens (tertiary/aromatic N) is 3. The van der Waals surface area contributed by atoms with E-state index in [0.29, 0.717) is 12.2 Å². The van der Waals surface area contributed by atoms with Crippen LogP contribution in [-0.2, 0) is 13.0 Å². The van der Waals surface area contributed by atoms with E-state index in [2.05, 4.69) is 45.9 Å². The second-order valence-electron chi connectivity index (χ2n) is 4.72. The molecule has 0 spiro atoms. The Kier molecular flexibility index (Phi) is 3.02. The summed E-state index contributed by atoms with van der Waals surface area (Å²) < 4.78 is 2.19. The molecular formula is C15H16N5. The first-order chi connectivity index (χ1) is 9.67. The molecule has 3 rings (SSSR count). The van der Waals surface area contributed by atoms with Crippen molar-refractivity contribution in [1.82, 2.24) is 14.5 Å². The molecule has 0 unspecified atom stereocenters. The first-order valence-corrected chi connectivity index (χ1v) is 6.53. The van der Waals surface area contributed by atoms with Crippen LogP contribution in [0.1, 0.15) is 18.1 Å². The van der Waals surface area contributed by atoms with Crippen molar-refractivity contribution in [3.05, 3.63) is 47.8 Å². The molecule has 0 aliphatic rings. The smallest absolute Gasteiger partial charge is 0.221 e. The highest BCUT2D eigenvalue weighted by molar-refractivity contribution is 5.80. The molecule has 0 saturated carbocycles. The average molecular weight is 266 g/mol. The number of nitrogen functional groups attached to an aromatic ring is 2. The van der Waals surface area contributed by atoms with Gasteiger partial charge in [0.05, 0.1) is 0 Å². The lowest BCUT2D eigenvalue weighted by molar-refractivity contribution is 0.797. The van der Waals surface area contributed by atoms with Crippen molar-refractivity contribution in [2.24, 2.45) is 0 Å². The van der Waals surface area contributed by atoms with E-state index in [-0.39, 0.29) is 5.95 Å². The van der Waals surface area contributed by atoms with Gasteiger partial charge in [-0.3, -0.25) is 0 Å². The van der Waals surface area contributed by atoms with Crippen LogP contribution in [0.3, 0.4) is 0 Å². The average Bonchev–Trinajstić information content (AvgIpc) is 2.84. The monoisotopic (exact) mass is 266 g/mol. The lowest BCUT2D eigenvalue weighted by Crippen LogP contribution is -2.04. The fourth-order valence-corrected chi connectivity index (χ4v) is 2.32. The Morgan fingerprint density at radius 3 is 2.95 bits per heavy atom. The molecule has 20 heavy (non-hydrogen) atoms. The van der Waals surface area contributed by atoms with Crippen molar-refractivity contribution < 1.29 is 0 Å². The first-order valence-electron chi connectivity index (χ1n) is 6.53. The molecule has 0 amide bonds. The molecule has 5 heteroatoms. The molecule has 0 bridgehead atoms. The minimum Gasteiger partial charge on any atom is -0.383 e. The third kappa shape index (κ3) is 2.18. The largest absolute Gasteiger partial charge is 0.383 e. The summed E-state index contributed by atoms with van der Waals surface area (Å²) in [5.41, 5.74) is 14.6. The standard InChI is InChI=1S/C15H16N5/c1-2-20-6-5-11-4-3-10(8-13(11)20)7-12-9-18-15(17)19-14(12)16/h3,5-6,8-9H,2,7H2,1H3,(H4,16,17,18,19). The van der Waals surface area contributed by atoms with Gasteiger partial charge in [-0.15, -0.1) is 0 Å². The Morgan fingerprint density at radius 1 is 1.35 bits per heavy atom. The number of hydrogen-bond donors (Lipinski definition) is 2. The van der Waals surface area contributed by atoms with Gasteiger partial charge in [0, 0.05) is 41.8 Å². The molecule has 3 aromatic rings. The van der Waals surface area contributed by atoms with E-state index >= 15 is 0 Å². The molecule has 101 valence electrons. The van der Waals surface area contributed by atoms with Crippen LogP contribution in [0.15, 0.2) is 30.6 Å². The molecule has 0 saturated heterocycles. The Labute approximate surface area is 117 Å². The Hall–Kier alpha value is -2.56. The van der Waals surface area contributed by atoms with Gasteiger partial charge < -0.3 is 16.0 Å². The number of benzene rings is 1. The van der Waals surface area contributed by atoms with E-state index in [1.807, 2.05) is 6.07 Å². The van der Waals surface area contributed by atoms with Crippen LogP contribution >= 0.6 is 0 Å². The molecule has 0 fully saturated rings. The maximum atomic E-state index is 5.87. The van der Waals surface area contributed by atoms with E-state index in [0.717, 1.165) is 23.1 Å². The highest BCUT2D eigenvalue weighted by Crippen LogP contribution is 2.20. The van der Waals surface area contributed by atoms with Crippen LogP contribution in [0.2, 0.25) is 0 Å². The van der Waals surface area contributed by atoms with Gasteiger partial charge in [0.2, 0.25) is 5.95 Å². The van der Waals surface area contributed by atoms with Crippen molar-refractivity contribution in [2.75, 3.05) is 11.5 Å². The summed E-state index contributed by atoms with van der Waals surface area (Å²) in [5.74, 6) is 0.636. The summed E-state index contributed by atoms with van der Waals surface area (Å²) in [7, 11) is 0. The molecule has 4 N–H and O–H groups in total. The van der Waals surface area contributed by atoms with Crippen LogP contribution in [-0.4, -0.2) is 14.5 Å². The van der Waals surface area contributed by atoms with E-state index in [4.69, 9.17) is 11.5 Å². The molecule has 1 aromatic carbocycles. The molecule has 0 aliphatic heterocycles. The highest BCUT2D eigenvalue weighted by Gasteiger charge is 2.06. The van der Waals surface area contributed by atoms with Crippen LogP contribution < -0.4 is 11.5 Å². The van der Waals surface area contributed by atoms with Gasteiger partial charge in [0.25, 0.3) is 0 Å². The van der Waals surface area contributed by atoms with Gasteiger partial charge in [-0.05, 0) is 30.7 Å². The van der Waals surface area contributed by atoms with E-state index < -0.39 is 0 Å². The maximum absolute atomic E-state index is 5.87. The molecule has 0 atom stereocenters. The number of hydrogen-bond acceptors (Lipinski definition) is 4. The molecular weight excluding hydrogens is 250 g/mol. The summed E-state index contributed by atoms with van der Waals surface area (Å²) in [5, 5.41) is 1.12. The maximum Gasteiger partial charge on any atom is 0.221 e. The summed E-state index contributed by atoms with van der Waals surface area (Å²) >= 11 is 0. The van der Waals surface area contributed by atoms with Gasteiger partial charge in [-0.25, -0.2) is 4.98 Å². The Bertz CT molecular complexity index is 760. The third-order valence-corrected chi connectivity index (χ3v) is 3.39. The molecule has 0 aliphatic carbocycles. The summed E-state index contributed by atoms with van der Waals surface area (Å²) in [6, 6.07) is 9.51. The summed E-state index contributed by atoms with van der Waals surface area (Å²) in [6.07, 6.45) is 4.43. The van der Waals surface area contributed by atoms with Gasteiger partial charge in [0.1, 0.15) is 5.82 Å². The second-order valence-corrected chi connectivity index (χ2v) is 4.72. The van der Waals surface area contributed by atoms with Crippen LogP contribution in [0.5, 0.6) is 0 Å². The zero-order valence-corrected chi connectivity index (χ0v) is 11.3. The lowest BCUT2D eigenvalue weighted by atomic mass is 10.1. The van der Waals surface area contributed by atoms with Gasteiger partial charge >= 0.3 is 0 Å². The minimum atomic E-state index is 0.202. The van der Waals surface area contributed by atoms with Crippen molar-refractivity contribution >= 4 is 22.7 Å². The number of aryl methyl sites for hydroxylation is 1. The van der Waals surface area contributed by atoms with Crippen molar-refractivity contribution in [3.8, 4) is 0 Å². The molecule has 1 radical (unpaired) electrons. The SMILES string of the molecule is CCn1ccc2[c]cc(Cc3cnc(N)nc3N)cc21. The predicted molar refractivity (Wildman–Crippen MR) is 80.1 cm³/mol. The minimum absolute atomic E-state index is 0.202. The van der Waals surface area contributed by atoms with E-state index in [9.17, 15) is 0 Å². The van der Waals surface area contributed by atoms with Gasteiger partial charge in [-0.2, -0.15) is 4.98 Å². The number of anilines is 2. The number of rotatable bonds is 3. The fourth-order valence-electron chi connectivity index (χ4n) is 2.32. The highest BCUT2D eigenvalue weighted by atomic mass is 15.0. The van der Waals surface area contributed by atoms with Crippen LogP contribution in [0.25, 0.3) is 10.9 Å². The Balaban J connectivity index is 1.97. The second kappa shape index (κ2) is 4.85. The predicted octanol–water partition coefficient (Wildman–Crippen LogP) is 2.01. The van der Waals surface area contributed by atoms with Crippen LogP contribution in [0, 0.1) is 6.07 Å². The zero-order chi connectivity index (χ0) is 14.1. The van der Waals surface area contributed by atoms with Crippen molar-refractivity contribution in [3.63, 3.8) is 0 Å². The number of fused-ring (bicyclic) bond motifs is 1. The lowest BCUT2D eigenvalue weighted by Gasteiger charge is -2.07. The molecule has 2 aromatic heterocycles. The van der Waals surface area contributed by atoms with E-state index in [1.165, 1.54) is 5.52 Å². The Morgan fingerprint density at radius 2 is 2.20 bits per heavy atom. The van der Waals surface area contributed by atoms with Gasteiger partial charge in [-0.1, -0.05) is 6.07 Å². The number of nitrogens with two attached hydrogens (primary N) is 2. The summed E-state index contributed by atoms with van der Waals surface area (Å²) in [6.45, 7) is 3.06. The number of aromatic nitrogens is 3. The normalized spacial score (nSPS) is 11.1. The molecule has 5 nitrogen and oxygen atoms in total. The van der Waals surface area contributed by atoms with E-state index in [1.54, 1.807) is 6.20 Å². The van der Waals surface area contributed by atoms with Crippen molar-refractivity contribution in [1.29, 1.82) is 0 Å². The summed E-state index contributed by atoms with van der Waals surface area (Å²) in [4.78, 5) is 7.98.